The molecule has 1 heterocycles. The van der Waals surface area contributed by atoms with Crippen molar-refractivity contribution in [2.45, 2.75) is 80.4 Å². The number of carbonyl (C=O) groups excluding carboxylic acids is 1. The first-order chi connectivity index (χ1) is 13.1. The number of ether oxygens (including phenoxy) is 1. The molecular formula is C20H31N3O3S. The second kappa shape index (κ2) is 8.03. The van der Waals surface area contributed by atoms with E-state index in [4.69, 9.17) is 15.0 Å². The van der Waals surface area contributed by atoms with E-state index in [0.717, 1.165) is 48.8 Å². The van der Waals surface area contributed by atoms with Crippen LogP contribution in [-0.4, -0.2) is 35.0 Å². The summed E-state index contributed by atoms with van der Waals surface area (Å²) in [5.74, 6) is 2.16. The fraction of sp³-hybridized carbons (Fsp3) is 0.800. The summed E-state index contributed by atoms with van der Waals surface area (Å²) in [7, 11) is 0. The van der Waals surface area contributed by atoms with Crippen LogP contribution < -0.4 is 15.8 Å². The van der Waals surface area contributed by atoms with Crippen LogP contribution >= 0.6 is 11.8 Å². The summed E-state index contributed by atoms with van der Waals surface area (Å²) in [5.41, 5.74) is 5.54. The van der Waals surface area contributed by atoms with Gasteiger partial charge in [0, 0.05) is 17.3 Å². The Morgan fingerprint density at radius 2 is 2.11 bits per heavy atom. The van der Waals surface area contributed by atoms with Gasteiger partial charge in [0.15, 0.2) is 0 Å². The second-order valence-electron chi connectivity index (χ2n) is 8.57. The maximum absolute atomic E-state index is 13.0. The number of nitrogens with one attached hydrogen (secondary N) is 1. The van der Waals surface area contributed by atoms with E-state index in [2.05, 4.69) is 17.4 Å². The number of hydrogen-bond acceptors (Lipinski definition) is 6. The van der Waals surface area contributed by atoms with Gasteiger partial charge < -0.3 is 20.3 Å². The molecule has 7 heteroatoms. The first-order valence-electron chi connectivity index (χ1n) is 10.4. The van der Waals surface area contributed by atoms with Crippen LogP contribution in [0.15, 0.2) is 9.42 Å². The normalized spacial score (nSPS) is 26.6. The third-order valence-electron chi connectivity index (χ3n) is 6.18. The Hall–Kier alpha value is -1.21. The van der Waals surface area contributed by atoms with Gasteiger partial charge in [0.05, 0.1) is 0 Å². The summed E-state index contributed by atoms with van der Waals surface area (Å²) in [5, 5.41) is 7.79. The molecule has 3 aliphatic rings. The predicted octanol–water partition coefficient (Wildman–Crippen LogP) is 3.75. The molecule has 0 saturated heterocycles. The van der Waals surface area contributed by atoms with Crippen LogP contribution in [0.25, 0.3) is 0 Å². The fourth-order valence-electron chi connectivity index (χ4n) is 4.13. The van der Waals surface area contributed by atoms with Crippen molar-refractivity contribution in [3.05, 3.63) is 5.76 Å². The van der Waals surface area contributed by atoms with Crippen LogP contribution in [-0.2, 0) is 0 Å². The molecule has 3 aliphatic carbocycles. The number of nitrogens with two attached hydrogens (primary N) is 1. The second-order valence-corrected chi connectivity index (χ2v) is 9.88. The molecule has 3 fully saturated rings. The fourth-order valence-corrected chi connectivity index (χ4v) is 5.46. The standard InChI is InChI=1S/C20H31N3O3S/c1-13-11-14(13)12-20(7-8-20)22-18(24)16-17(19(23-26-16)25-10-9-21)27-15-5-3-2-4-6-15/h13-15H,2-12,21H2,1H3,(H,22,24)/t13-,14?/m0/s1. The van der Waals surface area contributed by atoms with E-state index in [-0.39, 0.29) is 11.4 Å². The zero-order valence-corrected chi connectivity index (χ0v) is 17.0. The number of nitrogens with zero attached hydrogens (tertiary/aromatic N) is 1. The van der Waals surface area contributed by atoms with E-state index in [1.165, 1.54) is 25.7 Å². The lowest BCUT2D eigenvalue weighted by Gasteiger charge is -2.21. The molecule has 1 aromatic rings. The number of aromatic nitrogens is 1. The van der Waals surface area contributed by atoms with Crippen molar-refractivity contribution in [3.8, 4) is 5.88 Å². The summed E-state index contributed by atoms with van der Waals surface area (Å²) in [6.45, 7) is 3.07. The summed E-state index contributed by atoms with van der Waals surface area (Å²) in [6.07, 6.45) is 10.6. The van der Waals surface area contributed by atoms with Crippen LogP contribution in [0.1, 0.15) is 75.3 Å². The SMILES string of the molecule is C[C@H]1CC1CC1(NC(=O)c2onc(OCCN)c2SC2CCCCC2)CC1. The Morgan fingerprint density at radius 1 is 1.37 bits per heavy atom. The monoisotopic (exact) mass is 393 g/mol. The molecule has 27 heavy (non-hydrogen) atoms. The maximum atomic E-state index is 13.0. The van der Waals surface area contributed by atoms with E-state index in [0.29, 0.717) is 30.0 Å². The van der Waals surface area contributed by atoms with E-state index in [9.17, 15) is 4.79 Å². The molecule has 0 radical (unpaired) electrons. The van der Waals surface area contributed by atoms with E-state index >= 15 is 0 Å². The van der Waals surface area contributed by atoms with Gasteiger partial charge in [-0.3, -0.25) is 4.79 Å². The average Bonchev–Trinajstić information content (AvgIpc) is 3.54. The van der Waals surface area contributed by atoms with Gasteiger partial charge in [-0.05, 0) is 55.5 Å². The minimum atomic E-state index is -0.144. The lowest BCUT2D eigenvalue weighted by molar-refractivity contribution is 0.0885. The quantitative estimate of drug-likeness (QED) is 0.664. The predicted molar refractivity (Wildman–Crippen MR) is 105 cm³/mol. The first-order valence-corrected chi connectivity index (χ1v) is 11.3. The van der Waals surface area contributed by atoms with Crippen LogP contribution in [0, 0.1) is 11.8 Å². The molecule has 0 bridgehead atoms. The number of amides is 1. The molecule has 3 saturated carbocycles. The Bertz CT molecular complexity index is 667. The van der Waals surface area contributed by atoms with Gasteiger partial charge in [-0.2, -0.15) is 0 Å². The van der Waals surface area contributed by atoms with Gasteiger partial charge in [-0.25, -0.2) is 0 Å². The van der Waals surface area contributed by atoms with E-state index in [1.54, 1.807) is 11.8 Å². The van der Waals surface area contributed by atoms with Gasteiger partial charge in [0.2, 0.25) is 5.76 Å². The number of hydrogen-bond donors (Lipinski definition) is 2. The summed E-state index contributed by atoms with van der Waals surface area (Å²) < 4.78 is 11.1. The van der Waals surface area contributed by atoms with Crippen molar-refractivity contribution in [2.75, 3.05) is 13.2 Å². The molecule has 0 aliphatic heterocycles. The van der Waals surface area contributed by atoms with Crippen molar-refractivity contribution in [1.29, 1.82) is 0 Å². The minimum absolute atomic E-state index is 0.0235. The smallest absolute Gasteiger partial charge is 0.291 e. The van der Waals surface area contributed by atoms with Crippen molar-refractivity contribution >= 4 is 17.7 Å². The Labute approximate surface area is 165 Å². The molecule has 6 nitrogen and oxygen atoms in total. The zero-order chi connectivity index (χ0) is 18.9. The molecule has 150 valence electrons. The highest BCUT2D eigenvalue weighted by atomic mass is 32.2. The molecule has 1 amide bonds. The highest BCUT2D eigenvalue weighted by Crippen LogP contribution is 2.51. The lowest BCUT2D eigenvalue weighted by atomic mass is 10.0. The Morgan fingerprint density at radius 3 is 2.74 bits per heavy atom. The van der Waals surface area contributed by atoms with Gasteiger partial charge in [0.1, 0.15) is 11.5 Å². The van der Waals surface area contributed by atoms with Crippen molar-refractivity contribution in [3.63, 3.8) is 0 Å². The highest BCUT2D eigenvalue weighted by Gasteiger charge is 2.50. The van der Waals surface area contributed by atoms with E-state index < -0.39 is 0 Å². The zero-order valence-electron chi connectivity index (χ0n) is 16.2. The van der Waals surface area contributed by atoms with Gasteiger partial charge >= 0.3 is 0 Å². The molecular weight excluding hydrogens is 362 g/mol. The largest absolute Gasteiger partial charge is 0.473 e. The molecule has 2 atom stereocenters. The highest BCUT2D eigenvalue weighted by molar-refractivity contribution is 8.00. The average molecular weight is 394 g/mol. The summed E-state index contributed by atoms with van der Waals surface area (Å²) in [6, 6.07) is 0. The maximum Gasteiger partial charge on any atom is 0.291 e. The molecule has 1 unspecified atom stereocenters. The van der Waals surface area contributed by atoms with Crippen LogP contribution in [0.2, 0.25) is 0 Å². The third kappa shape index (κ3) is 4.62. The Balaban J connectivity index is 1.46. The van der Waals surface area contributed by atoms with Gasteiger partial charge in [0.25, 0.3) is 11.8 Å². The van der Waals surface area contributed by atoms with Crippen molar-refractivity contribution < 1.29 is 14.1 Å². The lowest BCUT2D eigenvalue weighted by Crippen LogP contribution is -2.37. The molecule has 4 rings (SSSR count). The third-order valence-corrected chi connectivity index (χ3v) is 7.58. The van der Waals surface area contributed by atoms with Crippen LogP contribution in [0.5, 0.6) is 5.88 Å². The number of rotatable bonds is 9. The molecule has 3 N–H and O–H groups in total. The van der Waals surface area contributed by atoms with Crippen LogP contribution in [0.3, 0.4) is 0 Å². The van der Waals surface area contributed by atoms with Crippen LogP contribution in [0.4, 0.5) is 0 Å². The number of carbonyl (C=O) groups is 1. The van der Waals surface area contributed by atoms with Gasteiger partial charge in [-0.15, -0.1) is 11.8 Å². The Kier molecular flexibility index (Phi) is 5.69. The van der Waals surface area contributed by atoms with Gasteiger partial charge in [-0.1, -0.05) is 26.2 Å². The topological polar surface area (TPSA) is 90.4 Å². The van der Waals surface area contributed by atoms with Crippen molar-refractivity contribution in [2.24, 2.45) is 17.6 Å². The number of thioether (sulfide) groups is 1. The molecule has 0 aromatic carbocycles. The first kappa shape index (κ1) is 19.1. The summed E-state index contributed by atoms with van der Waals surface area (Å²) in [4.78, 5) is 13.7. The molecule has 0 spiro atoms. The van der Waals surface area contributed by atoms with E-state index in [1.807, 2.05) is 0 Å². The van der Waals surface area contributed by atoms with Crippen molar-refractivity contribution in [1.82, 2.24) is 10.5 Å². The summed E-state index contributed by atoms with van der Waals surface area (Å²) >= 11 is 1.69. The minimum Gasteiger partial charge on any atom is -0.473 e. The molecule has 1 aromatic heterocycles.